The van der Waals surface area contributed by atoms with E-state index in [0.717, 1.165) is 43.6 Å². The third-order valence-corrected chi connectivity index (χ3v) is 7.47. The molecule has 2 aromatic carbocycles. The number of thiophene rings is 1. The van der Waals surface area contributed by atoms with Crippen molar-refractivity contribution in [2.24, 2.45) is 0 Å². The third-order valence-electron chi connectivity index (χ3n) is 6.08. The molecule has 4 heterocycles. The monoisotopic (exact) mass is 494 g/mol. The average Bonchev–Trinajstić information content (AvgIpc) is 3.29. The molecule has 1 N–H and O–H groups in total. The van der Waals surface area contributed by atoms with Crippen molar-refractivity contribution in [1.29, 1.82) is 0 Å². The molecule has 1 saturated heterocycles. The molecule has 35 heavy (non-hydrogen) atoms. The van der Waals surface area contributed by atoms with E-state index < -0.39 is 11.8 Å². The van der Waals surface area contributed by atoms with Crippen molar-refractivity contribution in [3.05, 3.63) is 89.4 Å². The number of benzene rings is 2. The maximum atomic E-state index is 12.7. The number of rotatable bonds is 2. The van der Waals surface area contributed by atoms with E-state index in [-0.39, 0.29) is 10.7 Å². The molecule has 6 rings (SSSR count). The second-order valence-corrected chi connectivity index (χ2v) is 9.61. The molecule has 2 aliphatic heterocycles. The van der Waals surface area contributed by atoms with Gasteiger partial charge in [-0.05, 0) is 59.8 Å². The molecule has 8 heteroatoms. The van der Waals surface area contributed by atoms with Crippen LogP contribution >= 0.6 is 23.6 Å². The maximum Gasteiger partial charge on any atom is 0.265 e. The zero-order valence-corrected chi connectivity index (χ0v) is 20.2. The van der Waals surface area contributed by atoms with E-state index in [9.17, 15) is 9.59 Å². The lowest BCUT2D eigenvalue weighted by atomic mass is 9.96. The Balaban J connectivity index is 1.51. The van der Waals surface area contributed by atoms with Crippen LogP contribution in [-0.2, 0) is 9.59 Å². The average molecular weight is 495 g/mol. The van der Waals surface area contributed by atoms with Crippen molar-refractivity contribution in [1.82, 2.24) is 15.2 Å². The van der Waals surface area contributed by atoms with Gasteiger partial charge in [0.2, 0.25) is 0 Å². The Hall–Kier alpha value is -4.14. The first-order chi connectivity index (χ1) is 17.0. The van der Waals surface area contributed by atoms with E-state index in [1.54, 1.807) is 19.3 Å². The summed E-state index contributed by atoms with van der Waals surface area (Å²) in [5.74, 6) is -0.0885. The minimum atomic E-state index is -0.490. The van der Waals surface area contributed by atoms with E-state index in [2.05, 4.69) is 40.5 Å². The lowest BCUT2D eigenvalue weighted by Crippen LogP contribution is -2.52. The van der Waals surface area contributed by atoms with E-state index in [1.807, 2.05) is 42.5 Å². The Bertz CT molecular complexity index is 1510. The Labute approximate surface area is 211 Å². The van der Waals surface area contributed by atoms with E-state index >= 15 is 0 Å². The molecule has 1 fully saturated rings. The number of para-hydroxylation sites is 1. The Kier molecular flexibility index (Phi) is 5.05. The van der Waals surface area contributed by atoms with Crippen molar-refractivity contribution in [2.75, 3.05) is 11.9 Å². The largest absolute Gasteiger partial charge is 0.298 e. The lowest BCUT2D eigenvalue weighted by Gasteiger charge is -2.25. The Morgan fingerprint density at radius 2 is 1.57 bits per heavy atom. The molecule has 2 aromatic heterocycles. The van der Waals surface area contributed by atoms with Gasteiger partial charge >= 0.3 is 0 Å². The van der Waals surface area contributed by atoms with Gasteiger partial charge in [-0.2, -0.15) is 0 Å². The zero-order valence-electron chi connectivity index (χ0n) is 18.6. The number of carbonyl (C=O) groups excluding carboxylic acids is 2. The van der Waals surface area contributed by atoms with E-state index in [0.29, 0.717) is 0 Å². The van der Waals surface area contributed by atoms with Crippen molar-refractivity contribution in [2.45, 2.75) is 0 Å². The molecular weight excluding hydrogens is 476 g/mol. The smallest absolute Gasteiger partial charge is 0.265 e. The molecule has 4 aromatic rings. The number of nitrogens with one attached hydrogen (secondary N) is 1. The van der Waals surface area contributed by atoms with Crippen molar-refractivity contribution in [3.63, 3.8) is 0 Å². The minimum Gasteiger partial charge on any atom is -0.298 e. The molecular formula is C27H18N4O2S2. The van der Waals surface area contributed by atoms with Crippen LogP contribution in [0.2, 0.25) is 0 Å². The lowest BCUT2D eigenvalue weighted by molar-refractivity contribution is -0.128. The summed E-state index contributed by atoms with van der Waals surface area (Å²) in [6, 6.07) is 24.5. The molecule has 0 spiro atoms. The third kappa shape index (κ3) is 3.46. The fourth-order valence-electron chi connectivity index (χ4n) is 4.40. The van der Waals surface area contributed by atoms with Gasteiger partial charge in [-0.3, -0.25) is 24.7 Å². The second-order valence-electron chi connectivity index (χ2n) is 8.13. The van der Waals surface area contributed by atoms with Crippen molar-refractivity contribution < 1.29 is 9.59 Å². The molecule has 0 atom stereocenters. The van der Waals surface area contributed by atoms with Crippen LogP contribution in [0.3, 0.4) is 0 Å². The number of aromatic nitrogens is 1. The van der Waals surface area contributed by atoms with Crippen LogP contribution in [-0.4, -0.2) is 33.9 Å². The summed E-state index contributed by atoms with van der Waals surface area (Å²) < 4.78 is 0. The number of amides is 2. The Morgan fingerprint density at radius 1 is 0.886 bits per heavy atom. The minimum absolute atomic E-state index is 0.0525. The maximum absolute atomic E-state index is 12.7. The van der Waals surface area contributed by atoms with Crippen molar-refractivity contribution >= 4 is 63.1 Å². The van der Waals surface area contributed by atoms with Crippen LogP contribution in [0.15, 0.2) is 84.6 Å². The van der Waals surface area contributed by atoms with E-state index in [1.165, 1.54) is 16.2 Å². The fourth-order valence-corrected chi connectivity index (χ4v) is 5.54. The number of pyridine rings is 1. The molecule has 2 aliphatic rings. The van der Waals surface area contributed by atoms with Gasteiger partial charge < -0.3 is 0 Å². The molecule has 0 unspecified atom stereocenters. The number of fused-ring (bicyclic) bond motifs is 5. The van der Waals surface area contributed by atoms with Crippen molar-refractivity contribution in [3.8, 4) is 22.3 Å². The predicted octanol–water partition coefficient (Wildman–Crippen LogP) is 5.52. The van der Waals surface area contributed by atoms with Gasteiger partial charge in [0.1, 0.15) is 16.4 Å². The van der Waals surface area contributed by atoms with Gasteiger partial charge in [0.15, 0.2) is 5.11 Å². The highest BCUT2D eigenvalue weighted by molar-refractivity contribution is 7.80. The Morgan fingerprint density at radius 3 is 2.37 bits per heavy atom. The van der Waals surface area contributed by atoms with Gasteiger partial charge in [-0.15, -0.1) is 11.3 Å². The van der Waals surface area contributed by atoms with Crippen LogP contribution in [0, 0.1) is 0 Å². The summed E-state index contributed by atoms with van der Waals surface area (Å²) in [5.41, 5.74) is 5.46. The normalized spacial score (nSPS) is 15.9. The van der Waals surface area contributed by atoms with Gasteiger partial charge in [-0.25, -0.2) is 4.98 Å². The van der Waals surface area contributed by atoms with Crippen LogP contribution in [0.5, 0.6) is 0 Å². The van der Waals surface area contributed by atoms with Crippen LogP contribution in [0.4, 0.5) is 16.5 Å². The number of anilines is 3. The van der Waals surface area contributed by atoms with Gasteiger partial charge in [0, 0.05) is 29.2 Å². The molecule has 170 valence electrons. The highest BCUT2D eigenvalue weighted by Gasteiger charge is 2.31. The second kappa shape index (κ2) is 8.26. The summed E-state index contributed by atoms with van der Waals surface area (Å²) in [4.78, 5) is 34.1. The molecule has 2 amide bonds. The molecule has 6 nitrogen and oxygen atoms in total. The first kappa shape index (κ1) is 21.4. The highest BCUT2D eigenvalue weighted by atomic mass is 32.1. The molecule has 0 aliphatic carbocycles. The first-order valence-corrected chi connectivity index (χ1v) is 12.1. The van der Waals surface area contributed by atoms with Gasteiger partial charge in [0.05, 0.1) is 5.69 Å². The summed E-state index contributed by atoms with van der Waals surface area (Å²) in [6.07, 6.45) is 3.41. The number of hydrogen-bond donors (Lipinski definition) is 1. The summed E-state index contributed by atoms with van der Waals surface area (Å²) >= 11 is 6.52. The summed E-state index contributed by atoms with van der Waals surface area (Å²) in [7, 11) is 1.55. The quantitative estimate of drug-likeness (QED) is 0.199. The first-order valence-electron chi connectivity index (χ1n) is 10.9. The molecule has 0 bridgehead atoms. The van der Waals surface area contributed by atoms with Crippen LogP contribution in [0.25, 0.3) is 28.3 Å². The number of nitrogens with zero attached hydrogens (tertiary/aromatic N) is 3. The summed E-state index contributed by atoms with van der Waals surface area (Å²) in [6.45, 7) is 0. The topological polar surface area (TPSA) is 65.5 Å². The standard InChI is InChI=1S/C27H18N4O2S2/c1-30-26(33)21(25(32)29-27(30)34)15-16-12-13-23(35-16)31-22-11-5-4-9-19(22)17-7-2-3-8-18(17)20-10-6-14-28-24(20)31/h2-15H,1H3,(H,29,32,34)/b21-15+. The molecule has 0 saturated carbocycles. The predicted molar refractivity (Wildman–Crippen MR) is 143 cm³/mol. The number of hydrogen-bond acceptors (Lipinski definition) is 6. The van der Waals surface area contributed by atoms with E-state index in [4.69, 9.17) is 17.2 Å². The fraction of sp³-hybridized carbons (Fsp3) is 0.0370. The number of thiocarbonyl (C=S) groups is 1. The number of likely N-dealkylation sites (N-methyl/N-ethyl adjacent to an activating group) is 1. The van der Waals surface area contributed by atoms with Gasteiger partial charge in [0.25, 0.3) is 11.8 Å². The van der Waals surface area contributed by atoms with Crippen LogP contribution < -0.4 is 10.2 Å². The summed E-state index contributed by atoms with van der Waals surface area (Å²) in [5, 5.41) is 3.58. The number of carbonyl (C=O) groups is 2. The zero-order chi connectivity index (χ0) is 24.1. The highest BCUT2D eigenvalue weighted by Crippen LogP contribution is 2.50. The van der Waals surface area contributed by atoms with Crippen LogP contribution in [0.1, 0.15) is 4.88 Å². The molecule has 0 radical (unpaired) electrons. The van der Waals surface area contributed by atoms with Gasteiger partial charge in [-0.1, -0.05) is 42.5 Å². The SMILES string of the molecule is CN1C(=O)/C(=C/c2ccc(N3c4ccccc4-c4ccccc4-c4cccnc43)s2)C(=O)NC1=S.